The quantitative estimate of drug-likeness (QED) is 0.422. The lowest BCUT2D eigenvalue weighted by Crippen LogP contribution is -2.03. The number of terminal acetylenes is 1. The van der Waals surface area contributed by atoms with E-state index in [1.807, 2.05) is 23.8 Å². The molecule has 0 bridgehead atoms. The molecule has 1 heterocycles. The molecular formula is C12H14N2S. The fraction of sp³-hybridized carbons (Fsp3) is 0.333. The first-order chi connectivity index (χ1) is 7.07. The van der Waals surface area contributed by atoms with Crippen LogP contribution in [0.4, 0.5) is 5.69 Å². The molecule has 0 fully saturated rings. The molecule has 0 radical (unpaired) electrons. The molecule has 0 unspecified atom stereocenters. The highest BCUT2D eigenvalue weighted by Gasteiger charge is 2.03. The molecule has 15 heavy (non-hydrogen) atoms. The molecule has 2 nitrogen and oxygen atoms in total. The van der Waals surface area contributed by atoms with Gasteiger partial charge >= 0.3 is 0 Å². The van der Waals surface area contributed by atoms with Gasteiger partial charge in [-0.05, 0) is 26.8 Å². The number of rotatable bonds is 2. The van der Waals surface area contributed by atoms with Gasteiger partial charge in [-0.25, -0.2) is 4.99 Å². The lowest BCUT2D eigenvalue weighted by molar-refractivity contribution is 0.587. The minimum atomic E-state index is 0.363. The Morgan fingerprint density at radius 1 is 1.60 bits per heavy atom. The van der Waals surface area contributed by atoms with Crippen molar-refractivity contribution in [2.45, 2.75) is 26.8 Å². The number of pyridine rings is 1. The van der Waals surface area contributed by atoms with Gasteiger partial charge < -0.3 is 4.57 Å². The molecule has 0 saturated heterocycles. The summed E-state index contributed by atoms with van der Waals surface area (Å²) in [5.74, 6) is 2.37. The first kappa shape index (κ1) is 11.7. The van der Waals surface area contributed by atoms with Gasteiger partial charge in [-0.1, -0.05) is 18.1 Å². The van der Waals surface area contributed by atoms with E-state index in [0.29, 0.717) is 6.04 Å². The van der Waals surface area contributed by atoms with Gasteiger partial charge in [-0.3, -0.25) is 0 Å². The van der Waals surface area contributed by atoms with Crippen LogP contribution in [-0.4, -0.2) is 10.8 Å². The number of nitrogens with zero attached hydrogens (tertiary/aromatic N) is 2. The first-order valence-corrected chi connectivity index (χ1v) is 5.19. The van der Waals surface area contributed by atoms with Gasteiger partial charge in [0.15, 0.2) is 0 Å². The predicted molar refractivity (Wildman–Crippen MR) is 67.4 cm³/mol. The third-order valence-electron chi connectivity index (χ3n) is 2.17. The second-order valence-electron chi connectivity index (χ2n) is 3.56. The molecule has 0 aliphatic carbocycles. The van der Waals surface area contributed by atoms with Gasteiger partial charge in [0.2, 0.25) is 0 Å². The molecule has 0 aliphatic rings. The molecule has 0 aromatic carbocycles. The third-order valence-corrected chi connectivity index (χ3v) is 2.68. The summed E-state index contributed by atoms with van der Waals surface area (Å²) in [5.41, 5.74) is 1.84. The van der Waals surface area contributed by atoms with Crippen molar-refractivity contribution in [2.75, 3.05) is 0 Å². The Hall–Kier alpha value is -1.40. The van der Waals surface area contributed by atoms with E-state index < -0.39 is 0 Å². The van der Waals surface area contributed by atoms with Gasteiger partial charge in [0, 0.05) is 17.8 Å². The average Bonchev–Trinajstić information content (AvgIpc) is 2.20. The van der Waals surface area contributed by atoms with Gasteiger partial charge in [0.25, 0.3) is 0 Å². The molecule has 0 spiro atoms. The predicted octanol–water partition coefficient (Wildman–Crippen LogP) is 3.44. The van der Waals surface area contributed by atoms with Gasteiger partial charge in [0.05, 0.1) is 11.9 Å². The number of hydrogen-bond donors (Lipinski definition) is 0. The highest BCUT2D eigenvalue weighted by Crippen LogP contribution is 2.20. The molecular weight excluding hydrogens is 204 g/mol. The normalized spacial score (nSPS) is 10.9. The van der Waals surface area contributed by atoms with E-state index in [-0.39, 0.29) is 0 Å². The zero-order valence-electron chi connectivity index (χ0n) is 9.19. The van der Waals surface area contributed by atoms with E-state index >= 15 is 0 Å². The lowest BCUT2D eigenvalue weighted by Gasteiger charge is -2.13. The summed E-state index contributed by atoms with van der Waals surface area (Å²) < 4.78 is 2.86. The molecule has 0 N–H and O–H groups in total. The summed E-state index contributed by atoms with van der Waals surface area (Å²) in [6.45, 7) is 6.16. The van der Waals surface area contributed by atoms with E-state index in [4.69, 9.17) is 18.6 Å². The van der Waals surface area contributed by atoms with E-state index in [2.05, 4.69) is 24.8 Å². The minimum Gasteiger partial charge on any atom is -0.336 e. The maximum Gasteiger partial charge on any atom is 0.111 e. The fourth-order valence-electron chi connectivity index (χ4n) is 1.30. The summed E-state index contributed by atoms with van der Waals surface area (Å²) in [4.78, 5) is 4.14. The average molecular weight is 218 g/mol. The van der Waals surface area contributed by atoms with Gasteiger partial charge in [-0.2, -0.15) is 0 Å². The second kappa shape index (κ2) is 4.90. The number of aromatic nitrogens is 1. The Morgan fingerprint density at radius 2 is 2.27 bits per heavy atom. The molecule has 0 amide bonds. The molecule has 0 aliphatic heterocycles. The van der Waals surface area contributed by atoms with Crippen LogP contribution in [0.2, 0.25) is 0 Å². The monoisotopic (exact) mass is 218 g/mol. The van der Waals surface area contributed by atoms with Crippen LogP contribution in [0.5, 0.6) is 0 Å². The van der Waals surface area contributed by atoms with Crippen LogP contribution in [0.1, 0.15) is 25.5 Å². The van der Waals surface area contributed by atoms with Gasteiger partial charge in [0.1, 0.15) is 4.64 Å². The Labute approximate surface area is 95.7 Å². The standard InChI is InChI=1S/C12H14N2S/c1-5-7-13-11-6-8-14(9(2)3)12(15)10(11)4/h1,6-9H,2-4H3. The molecule has 1 rings (SSSR count). The van der Waals surface area contributed by atoms with E-state index in [9.17, 15) is 0 Å². The summed E-state index contributed by atoms with van der Waals surface area (Å²) in [5, 5.41) is 0. The Balaban J connectivity index is 3.29. The summed E-state index contributed by atoms with van der Waals surface area (Å²) in [6, 6.07) is 2.29. The SMILES string of the molecule is C#CC=Nc1ccn(C(C)C)c(=S)c1C. The molecule has 78 valence electrons. The molecule has 1 aromatic heterocycles. The van der Waals surface area contributed by atoms with Crippen LogP contribution in [0.3, 0.4) is 0 Å². The molecule has 3 heteroatoms. The van der Waals surface area contributed by atoms with Crippen LogP contribution in [-0.2, 0) is 0 Å². The van der Waals surface area contributed by atoms with E-state index in [1.54, 1.807) is 0 Å². The van der Waals surface area contributed by atoms with Crippen molar-refractivity contribution in [1.82, 2.24) is 4.57 Å². The second-order valence-corrected chi connectivity index (χ2v) is 3.94. The molecule has 0 saturated carbocycles. The third kappa shape index (κ3) is 2.54. The van der Waals surface area contributed by atoms with Crippen molar-refractivity contribution in [1.29, 1.82) is 0 Å². The Morgan fingerprint density at radius 3 is 2.80 bits per heavy atom. The van der Waals surface area contributed by atoms with Crippen molar-refractivity contribution in [3.05, 3.63) is 22.5 Å². The van der Waals surface area contributed by atoms with Crippen molar-refractivity contribution in [3.8, 4) is 12.3 Å². The van der Waals surface area contributed by atoms with Crippen LogP contribution in [0.15, 0.2) is 17.3 Å². The molecule has 1 aromatic rings. The highest BCUT2D eigenvalue weighted by atomic mass is 32.1. The smallest absolute Gasteiger partial charge is 0.111 e. The van der Waals surface area contributed by atoms with Crippen molar-refractivity contribution >= 4 is 24.1 Å². The first-order valence-electron chi connectivity index (χ1n) is 4.78. The zero-order chi connectivity index (χ0) is 11.4. The summed E-state index contributed by atoms with van der Waals surface area (Å²) in [6.07, 6.45) is 8.50. The van der Waals surface area contributed by atoms with Gasteiger partial charge in [-0.15, -0.1) is 6.42 Å². The largest absolute Gasteiger partial charge is 0.336 e. The van der Waals surface area contributed by atoms with Crippen molar-refractivity contribution in [3.63, 3.8) is 0 Å². The van der Waals surface area contributed by atoms with Crippen LogP contribution < -0.4 is 0 Å². The molecule has 0 atom stereocenters. The van der Waals surface area contributed by atoms with E-state index in [1.165, 1.54) is 6.21 Å². The maximum absolute atomic E-state index is 5.34. The zero-order valence-corrected chi connectivity index (χ0v) is 10.0. The Kier molecular flexibility index (Phi) is 3.81. The van der Waals surface area contributed by atoms with Crippen LogP contribution in [0.25, 0.3) is 0 Å². The topological polar surface area (TPSA) is 17.3 Å². The number of aliphatic imine (C=N–C) groups is 1. The van der Waals surface area contributed by atoms with Crippen LogP contribution in [0, 0.1) is 23.9 Å². The minimum absolute atomic E-state index is 0.363. The summed E-state index contributed by atoms with van der Waals surface area (Å²) in [7, 11) is 0. The van der Waals surface area contributed by atoms with Crippen molar-refractivity contribution < 1.29 is 0 Å². The number of hydrogen-bond acceptors (Lipinski definition) is 2. The lowest BCUT2D eigenvalue weighted by atomic mass is 10.2. The Bertz CT molecular complexity index is 475. The fourth-order valence-corrected chi connectivity index (χ4v) is 1.68. The maximum atomic E-state index is 5.34. The van der Waals surface area contributed by atoms with Crippen LogP contribution >= 0.6 is 12.2 Å². The van der Waals surface area contributed by atoms with Crippen molar-refractivity contribution in [2.24, 2.45) is 4.99 Å². The van der Waals surface area contributed by atoms with E-state index in [0.717, 1.165) is 15.9 Å². The summed E-state index contributed by atoms with van der Waals surface area (Å²) >= 11 is 5.34. The highest BCUT2D eigenvalue weighted by molar-refractivity contribution is 7.71.